The summed E-state index contributed by atoms with van der Waals surface area (Å²) < 4.78 is 0. The molecule has 0 aliphatic heterocycles. The van der Waals surface area contributed by atoms with E-state index in [4.69, 9.17) is 0 Å². The maximum atomic E-state index is 11.9. The summed E-state index contributed by atoms with van der Waals surface area (Å²) in [7, 11) is 0. The van der Waals surface area contributed by atoms with Gasteiger partial charge in [-0.25, -0.2) is 0 Å². The van der Waals surface area contributed by atoms with Gasteiger partial charge < -0.3 is 0 Å². The van der Waals surface area contributed by atoms with Crippen molar-refractivity contribution >= 4 is 5.78 Å². The minimum Gasteiger partial charge on any atom is -0.294 e. The van der Waals surface area contributed by atoms with Crippen LogP contribution in [0.25, 0.3) is 0 Å². The van der Waals surface area contributed by atoms with Crippen molar-refractivity contribution in [3.05, 3.63) is 41.2 Å². The number of aromatic nitrogens is 1. The molecule has 1 aliphatic carbocycles. The second-order valence-corrected chi connectivity index (χ2v) is 3.99. The number of rotatable bonds is 3. The molecule has 2 rings (SSSR count). The third-order valence-electron chi connectivity index (χ3n) is 2.83. The summed E-state index contributed by atoms with van der Waals surface area (Å²) in [6.07, 6.45) is 7.92. The number of hydrogen-bond acceptors (Lipinski definition) is 2. The van der Waals surface area contributed by atoms with Gasteiger partial charge in [0.1, 0.15) is 0 Å². The fourth-order valence-electron chi connectivity index (χ4n) is 1.98. The molecule has 2 nitrogen and oxygen atoms in total. The summed E-state index contributed by atoms with van der Waals surface area (Å²) in [6.45, 7) is 1.89. The fourth-order valence-corrected chi connectivity index (χ4v) is 1.98. The van der Waals surface area contributed by atoms with Crippen LogP contribution < -0.4 is 0 Å². The Morgan fingerprint density at radius 1 is 1.53 bits per heavy atom. The van der Waals surface area contributed by atoms with Gasteiger partial charge >= 0.3 is 0 Å². The van der Waals surface area contributed by atoms with E-state index in [9.17, 15) is 4.79 Å². The van der Waals surface area contributed by atoms with Crippen molar-refractivity contribution in [3.8, 4) is 0 Å². The van der Waals surface area contributed by atoms with Gasteiger partial charge in [0.2, 0.25) is 0 Å². The van der Waals surface area contributed by atoms with Gasteiger partial charge in [-0.1, -0.05) is 11.6 Å². The molecule has 1 aliphatic rings. The number of allylic oxidation sites excluding steroid dienone is 2. The van der Waals surface area contributed by atoms with Crippen molar-refractivity contribution in [2.75, 3.05) is 0 Å². The third kappa shape index (κ3) is 2.32. The first-order valence-electron chi connectivity index (χ1n) is 5.40. The molecule has 1 heterocycles. The molecule has 0 amide bonds. The predicted octanol–water partition coefficient (Wildman–Crippen LogP) is 3.07. The highest BCUT2D eigenvalue weighted by atomic mass is 16.1. The van der Waals surface area contributed by atoms with E-state index in [-0.39, 0.29) is 5.78 Å². The first kappa shape index (κ1) is 10.1. The monoisotopic (exact) mass is 201 g/mol. The van der Waals surface area contributed by atoms with Crippen LogP contribution in [0.4, 0.5) is 0 Å². The van der Waals surface area contributed by atoms with E-state index < -0.39 is 0 Å². The highest BCUT2D eigenvalue weighted by molar-refractivity contribution is 5.98. The second-order valence-electron chi connectivity index (χ2n) is 3.99. The summed E-state index contributed by atoms with van der Waals surface area (Å²) in [6, 6.07) is 3.68. The molecule has 0 N–H and O–H groups in total. The Morgan fingerprint density at radius 3 is 3.07 bits per heavy atom. The molecular weight excluding hydrogens is 186 g/mol. The summed E-state index contributed by atoms with van der Waals surface area (Å²) >= 11 is 0. The zero-order valence-electron chi connectivity index (χ0n) is 8.99. The van der Waals surface area contributed by atoms with E-state index in [1.807, 2.05) is 19.1 Å². The van der Waals surface area contributed by atoms with E-state index >= 15 is 0 Å². The zero-order chi connectivity index (χ0) is 10.7. The van der Waals surface area contributed by atoms with Gasteiger partial charge in [0.05, 0.1) is 0 Å². The molecule has 0 atom stereocenters. The molecule has 0 fully saturated rings. The van der Waals surface area contributed by atoms with Crippen LogP contribution in [0.5, 0.6) is 0 Å². The maximum absolute atomic E-state index is 11.9. The van der Waals surface area contributed by atoms with Gasteiger partial charge in [-0.15, -0.1) is 0 Å². The highest BCUT2D eigenvalue weighted by Crippen LogP contribution is 2.22. The number of Topliss-reactive ketones (excluding diaryl/α,β-unsaturated/α-hetero) is 1. The van der Waals surface area contributed by atoms with Crippen LogP contribution in [0, 0.1) is 6.92 Å². The standard InChI is InChI=1S/C13H15NO/c1-10-12(7-4-8-14-10)13(15)9-11-5-2-3-6-11/h4-5,7-8H,2-3,6,9H2,1H3. The number of nitrogens with zero attached hydrogens (tertiary/aromatic N) is 1. The Hall–Kier alpha value is -1.44. The minimum atomic E-state index is 0.203. The number of hydrogen-bond donors (Lipinski definition) is 0. The molecule has 0 spiro atoms. The molecule has 0 bridgehead atoms. The van der Waals surface area contributed by atoms with Crippen LogP contribution in [-0.4, -0.2) is 10.8 Å². The van der Waals surface area contributed by atoms with Gasteiger partial charge in [-0.3, -0.25) is 9.78 Å². The lowest BCUT2D eigenvalue weighted by atomic mass is 10.0. The smallest absolute Gasteiger partial charge is 0.168 e. The van der Waals surface area contributed by atoms with Crippen molar-refractivity contribution in [2.24, 2.45) is 0 Å². The lowest BCUT2D eigenvalue weighted by Gasteiger charge is -2.04. The summed E-state index contributed by atoms with van der Waals surface area (Å²) in [5.41, 5.74) is 2.90. The largest absolute Gasteiger partial charge is 0.294 e. The molecule has 15 heavy (non-hydrogen) atoms. The number of carbonyl (C=O) groups is 1. The molecular formula is C13H15NO. The molecule has 1 aromatic heterocycles. The van der Waals surface area contributed by atoms with Crippen molar-refractivity contribution in [1.82, 2.24) is 4.98 Å². The first-order chi connectivity index (χ1) is 7.27. The molecule has 78 valence electrons. The molecule has 0 radical (unpaired) electrons. The predicted molar refractivity (Wildman–Crippen MR) is 59.9 cm³/mol. The van der Waals surface area contributed by atoms with E-state index in [0.29, 0.717) is 6.42 Å². The fraction of sp³-hybridized carbons (Fsp3) is 0.385. The van der Waals surface area contributed by atoms with Crippen LogP contribution in [0.3, 0.4) is 0 Å². The van der Waals surface area contributed by atoms with E-state index in [0.717, 1.165) is 24.1 Å². The molecule has 0 aromatic carbocycles. The normalized spacial score (nSPS) is 15.1. The van der Waals surface area contributed by atoms with Gasteiger partial charge in [-0.05, 0) is 38.3 Å². The topological polar surface area (TPSA) is 30.0 Å². The molecule has 1 aromatic rings. The van der Waals surface area contributed by atoms with Crippen LogP contribution in [0.2, 0.25) is 0 Å². The quantitative estimate of drug-likeness (QED) is 0.555. The van der Waals surface area contributed by atoms with Crippen LogP contribution >= 0.6 is 0 Å². The average Bonchev–Trinajstić information content (AvgIpc) is 2.71. The van der Waals surface area contributed by atoms with Crippen molar-refractivity contribution in [1.29, 1.82) is 0 Å². The Kier molecular flexibility index (Phi) is 2.95. The number of carbonyl (C=O) groups excluding carboxylic acids is 1. The SMILES string of the molecule is Cc1ncccc1C(=O)CC1=CCCC1. The Balaban J connectivity index is 2.11. The van der Waals surface area contributed by atoms with Crippen LogP contribution in [0.1, 0.15) is 41.7 Å². The van der Waals surface area contributed by atoms with Gasteiger partial charge in [0.25, 0.3) is 0 Å². The number of pyridine rings is 1. The number of aryl methyl sites for hydroxylation is 1. The molecule has 0 saturated carbocycles. The highest BCUT2D eigenvalue weighted by Gasteiger charge is 2.13. The third-order valence-corrected chi connectivity index (χ3v) is 2.83. The first-order valence-corrected chi connectivity index (χ1v) is 5.40. The zero-order valence-corrected chi connectivity index (χ0v) is 8.99. The molecule has 2 heteroatoms. The summed E-state index contributed by atoms with van der Waals surface area (Å²) in [4.78, 5) is 16.1. The average molecular weight is 201 g/mol. The van der Waals surface area contributed by atoms with Gasteiger partial charge in [0.15, 0.2) is 5.78 Å². The van der Waals surface area contributed by atoms with Crippen molar-refractivity contribution < 1.29 is 4.79 Å². The van der Waals surface area contributed by atoms with Gasteiger partial charge in [-0.2, -0.15) is 0 Å². The Bertz CT molecular complexity index is 407. The Morgan fingerprint density at radius 2 is 2.40 bits per heavy atom. The van der Waals surface area contributed by atoms with E-state index in [2.05, 4.69) is 11.1 Å². The Labute approximate surface area is 90.0 Å². The van der Waals surface area contributed by atoms with Gasteiger partial charge in [0, 0.05) is 23.9 Å². The lowest BCUT2D eigenvalue weighted by molar-refractivity contribution is 0.0991. The summed E-state index contributed by atoms with van der Waals surface area (Å²) in [5.74, 6) is 0.203. The van der Waals surface area contributed by atoms with Crippen molar-refractivity contribution in [3.63, 3.8) is 0 Å². The lowest BCUT2D eigenvalue weighted by Crippen LogP contribution is -2.03. The van der Waals surface area contributed by atoms with Crippen LogP contribution in [0.15, 0.2) is 30.0 Å². The molecule has 0 unspecified atom stereocenters. The summed E-state index contributed by atoms with van der Waals surface area (Å²) in [5, 5.41) is 0. The van der Waals surface area contributed by atoms with Crippen molar-refractivity contribution in [2.45, 2.75) is 32.6 Å². The van der Waals surface area contributed by atoms with E-state index in [1.165, 1.54) is 12.0 Å². The minimum absolute atomic E-state index is 0.203. The van der Waals surface area contributed by atoms with E-state index in [1.54, 1.807) is 6.20 Å². The van der Waals surface area contributed by atoms with Crippen LogP contribution in [-0.2, 0) is 0 Å². The molecule has 0 saturated heterocycles. The maximum Gasteiger partial charge on any atom is 0.168 e. The number of ketones is 1. The second kappa shape index (κ2) is 4.39.